The lowest BCUT2D eigenvalue weighted by molar-refractivity contribution is 0.103. The molecule has 0 aliphatic heterocycles. The molecule has 3 aromatic carbocycles. The molecule has 0 aromatic heterocycles. The van der Waals surface area contributed by atoms with E-state index in [2.05, 4.69) is 13.8 Å². The Labute approximate surface area is 283 Å². The minimum absolute atomic E-state index is 0.000761. The number of methoxy groups -OCH3 is 6. The summed E-state index contributed by atoms with van der Waals surface area (Å²) in [5.74, 6) is 1.18. The number of benzene rings is 3. The fourth-order valence-electron chi connectivity index (χ4n) is 5.10. The highest BCUT2D eigenvalue weighted by Crippen LogP contribution is 2.58. The first-order chi connectivity index (χ1) is 23.2. The smallest absolute Gasteiger partial charge is 0.252 e. The molecule has 0 saturated heterocycles. The number of carbonyl (C=O) groups is 2. The first kappa shape index (κ1) is 38.1. The van der Waals surface area contributed by atoms with Gasteiger partial charge < -0.3 is 42.5 Å². The van der Waals surface area contributed by atoms with Gasteiger partial charge in [-0.15, -0.1) is 0 Å². The number of hydrogen-bond donors (Lipinski definition) is 0. The molecule has 0 saturated carbocycles. The lowest BCUT2D eigenvalue weighted by atomic mass is 10.1. The van der Waals surface area contributed by atoms with Crippen LogP contribution >= 0.6 is 7.14 Å². The second-order valence-electron chi connectivity index (χ2n) is 10.8. The fourth-order valence-corrected chi connectivity index (χ4v) is 7.51. The second-order valence-corrected chi connectivity index (χ2v) is 13.3. The lowest BCUT2D eigenvalue weighted by Gasteiger charge is -2.24. The van der Waals surface area contributed by atoms with Crippen LogP contribution in [0.1, 0.15) is 73.1 Å². The van der Waals surface area contributed by atoms with Gasteiger partial charge in [0.25, 0.3) is 7.14 Å². The van der Waals surface area contributed by atoms with Gasteiger partial charge in [0.15, 0.2) is 0 Å². The van der Waals surface area contributed by atoms with Gasteiger partial charge in [-0.2, -0.15) is 0 Å². The Morgan fingerprint density at radius 3 is 1.29 bits per heavy atom. The summed E-state index contributed by atoms with van der Waals surface area (Å²) in [4.78, 5) is 29.9. The maximum atomic E-state index is 15.8. The van der Waals surface area contributed by atoms with E-state index in [0.29, 0.717) is 30.3 Å². The summed E-state index contributed by atoms with van der Waals surface area (Å²) in [6.45, 7) is 4.88. The fraction of sp³-hybridized carbons (Fsp3) is 0.444. The highest BCUT2D eigenvalue weighted by Gasteiger charge is 2.49. The van der Waals surface area contributed by atoms with E-state index in [4.69, 9.17) is 37.9 Å². The molecule has 0 bridgehead atoms. The zero-order valence-corrected chi connectivity index (χ0v) is 30.0. The minimum atomic E-state index is -4.91. The molecule has 0 unspecified atom stereocenters. The molecule has 48 heavy (non-hydrogen) atoms. The standard InChI is InChI=1S/C36H47O11P/c1-9-11-13-17-46-24-15-16-32(27(19-24)47-18-14-12-10-2)48(39,35(37)33-28(42-5)20-25(40-3)21-29(33)43-6)36(38)34-30(44-7)22-26(41-4)23-31(34)45-8/h15-16,19-23H,9-14,17-18H2,1-8H3. The Morgan fingerprint density at radius 1 is 0.521 bits per heavy atom. The molecular weight excluding hydrogens is 639 g/mol. The highest BCUT2D eigenvalue weighted by atomic mass is 31.2. The SMILES string of the molecule is CCCCCOc1ccc(P(=O)(C(=O)c2c(OC)cc(OC)cc2OC)C(=O)c2c(OC)cc(OC)cc2OC)c(OCCCCC)c1. The van der Waals surface area contributed by atoms with Crippen molar-refractivity contribution in [2.24, 2.45) is 0 Å². The van der Waals surface area contributed by atoms with Crippen molar-refractivity contribution in [3.05, 3.63) is 53.6 Å². The maximum absolute atomic E-state index is 15.8. The van der Waals surface area contributed by atoms with E-state index in [9.17, 15) is 9.59 Å². The third kappa shape index (κ3) is 8.37. The number of ether oxygens (including phenoxy) is 8. The van der Waals surface area contributed by atoms with E-state index in [1.165, 1.54) is 73.0 Å². The van der Waals surface area contributed by atoms with Gasteiger partial charge in [-0.25, -0.2) is 0 Å². The molecule has 0 spiro atoms. The summed E-state index contributed by atoms with van der Waals surface area (Å²) in [6, 6.07) is 10.4. The van der Waals surface area contributed by atoms with Gasteiger partial charge in [0.1, 0.15) is 57.1 Å². The monoisotopic (exact) mass is 686 g/mol. The molecule has 3 aromatic rings. The van der Waals surface area contributed by atoms with Crippen LogP contribution in [-0.4, -0.2) is 66.9 Å². The summed E-state index contributed by atoms with van der Waals surface area (Å²) in [5.41, 5.74) is -2.50. The zero-order valence-electron chi connectivity index (χ0n) is 29.1. The summed E-state index contributed by atoms with van der Waals surface area (Å²) in [5, 5.41) is -0.116. The Morgan fingerprint density at radius 2 is 0.917 bits per heavy atom. The molecule has 0 aliphatic rings. The third-order valence-electron chi connectivity index (χ3n) is 7.72. The first-order valence-corrected chi connectivity index (χ1v) is 17.6. The number of hydrogen-bond acceptors (Lipinski definition) is 11. The molecule has 0 aliphatic carbocycles. The van der Waals surface area contributed by atoms with Crippen LogP contribution in [0.4, 0.5) is 0 Å². The topological polar surface area (TPSA) is 125 Å². The van der Waals surface area contributed by atoms with Gasteiger partial charge in [0.2, 0.25) is 11.0 Å². The Kier molecular flexibility index (Phi) is 14.5. The van der Waals surface area contributed by atoms with Crippen molar-refractivity contribution in [1.29, 1.82) is 0 Å². The van der Waals surface area contributed by atoms with Crippen molar-refractivity contribution in [3.8, 4) is 46.0 Å². The Bertz CT molecular complexity index is 1470. The maximum Gasteiger partial charge on any atom is 0.252 e. The van der Waals surface area contributed by atoms with E-state index < -0.39 is 18.2 Å². The number of carbonyl (C=O) groups excluding carboxylic acids is 2. The highest BCUT2D eigenvalue weighted by molar-refractivity contribution is 8.01. The van der Waals surface area contributed by atoms with Crippen LogP contribution in [0.2, 0.25) is 0 Å². The predicted molar refractivity (Wildman–Crippen MR) is 185 cm³/mol. The number of rotatable bonds is 21. The average molecular weight is 687 g/mol. The van der Waals surface area contributed by atoms with E-state index in [-0.39, 0.29) is 51.8 Å². The minimum Gasteiger partial charge on any atom is -0.496 e. The summed E-state index contributed by atoms with van der Waals surface area (Å²) < 4.78 is 61.0. The Balaban J connectivity index is 2.40. The van der Waals surface area contributed by atoms with Crippen molar-refractivity contribution in [2.45, 2.75) is 52.4 Å². The molecule has 0 radical (unpaired) electrons. The van der Waals surface area contributed by atoms with Crippen LogP contribution in [0.5, 0.6) is 46.0 Å². The third-order valence-corrected chi connectivity index (χ3v) is 10.4. The van der Waals surface area contributed by atoms with E-state index in [0.717, 1.165) is 32.1 Å². The molecule has 0 heterocycles. The second kappa shape index (κ2) is 18.2. The molecule has 3 rings (SSSR count). The molecule has 12 heteroatoms. The van der Waals surface area contributed by atoms with Crippen molar-refractivity contribution < 1.29 is 52.0 Å². The Hall–Kier alpha value is -4.37. The summed E-state index contributed by atoms with van der Waals surface area (Å²) in [7, 11) is 3.36. The van der Waals surface area contributed by atoms with Crippen molar-refractivity contribution in [1.82, 2.24) is 0 Å². The van der Waals surface area contributed by atoms with Gasteiger partial charge >= 0.3 is 0 Å². The van der Waals surface area contributed by atoms with Crippen molar-refractivity contribution in [3.63, 3.8) is 0 Å². The van der Waals surface area contributed by atoms with Gasteiger partial charge in [0, 0.05) is 30.3 Å². The largest absolute Gasteiger partial charge is 0.496 e. The van der Waals surface area contributed by atoms with Gasteiger partial charge in [-0.1, -0.05) is 39.5 Å². The van der Waals surface area contributed by atoms with Crippen molar-refractivity contribution >= 4 is 23.5 Å². The van der Waals surface area contributed by atoms with E-state index in [1.54, 1.807) is 12.1 Å². The molecule has 0 amide bonds. The quantitative estimate of drug-likeness (QED) is 0.0815. The van der Waals surface area contributed by atoms with Gasteiger partial charge in [-0.05, 0) is 25.0 Å². The van der Waals surface area contributed by atoms with Crippen LogP contribution in [0.15, 0.2) is 42.5 Å². The van der Waals surface area contributed by atoms with E-state index in [1.807, 2.05) is 0 Å². The van der Waals surface area contributed by atoms with Crippen LogP contribution in [-0.2, 0) is 4.57 Å². The molecule has 0 N–H and O–H groups in total. The van der Waals surface area contributed by atoms with Gasteiger partial charge in [-0.3, -0.25) is 9.59 Å². The summed E-state index contributed by atoms with van der Waals surface area (Å²) in [6.07, 6.45) is 5.39. The zero-order chi connectivity index (χ0) is 35.3. The van der Waals surface area contributed by atoms with Crippen LogP contribution in [0.3, 0.4) is 0 Å². The van der Waals surface area contributed by atoms with Crippen LogP contribution in [0, 0.1) is 0 Å². The number of unbranched alkanes of at least 4 members (excludes halogenated alkanes) is 4. The van der Waals surface area contributed by atoms with Gasteiger partial charge in [0.05, 0.1) is 61.2 Å². The molecular formula is C36H47O11P. The average Bonchev–Trinajstić information content (AvgIpc) is 3.12. The predicted octanol–water partition coefficient (Wildman–Crippen LogP) is 7.55. The molecule has 0 fully saturated rings. The first-order valence-electron chi connectivity index (χ1n) is 15.9. The molecule has 0 atom stereocenters. The van der Waals surface area contributed by atoms with Crippen LogP contribution in [0.25, 0.3) is 0 Å². The molecule has 11 nitrogen and oxygen atoms in total. The lowest BCUT2D eigenvalue weighted by Crippen LogP contribution is -2.24. The van der Waals surface area contributed by atoms with Crippen molar-refractivity contribution in [2.75, 3.05) is 55.9 Å². The van der Waals surface area contributed by atoms with E-state index >= 15 is 4.57 Å². The summed E-state index contributed by atoms with van der Waals surface area (Å²) >= 11 is 0. The normalized spacial score (nSPS) is 11.0. The van der Waals surface area contributed by atoms with Crippen LogP contribution < -0.4 is 43.2 Å². The molecule has 262 valence electrons.